The number of hydrazine groups is 1. The summed E-state index contributed by atoms with van der Waals surface area (Å²) in [4.78, 5) is 23.6. The van der Waals surface area contributed by atoms with Gasteiger partial charge in [0.15, 0.2) is 0 Å². The summed E-state index contributed by atoms with van der Waals surface area (Å²) in [6.45, 7) is 0. The van der Waals surface area contributed by atoms with Gasteiger partial charge in [0.1, 0.15) is 5.75 Å². The van der Waals surface area contributed by atoms with E-state index in [0.29, 0.717) is 19.3 Å². The van der Waals surface area contributed by atoms with Crippen LogP contribution in [0.3, 0.4) is 0 Å². The molecule has 1 amide bonds. The Hall–Kier alpha value is -2.51. The van der Waals surface area contributed by atoms with E-state index in [2.05, 4.69) is 10.9 Å². The number of nitrogens with one attached hydrogen (secondary N) is 2. The van der Waals surface area contributed by atoms with Crippen molar-refractivity contribution in [3.63, 3.8) is 0 Å². The number of alkyl halides is 3. The summed E-state index contributed by atoms with van der Waals surface area (Å²) in [6.07, 6.45) is -2.91. The molecule has 0 spiro atoms. The molecule has 0 fully saturated rings. The van der Waals surface area contributed by atoms with Crippen LogP contribution in [0.1, 0.15) is 42.5 Å². The van der Waals surface area contributed by atoms with E-state index in [1.54, 1.807) is 0 Å². The van der Waals surface area contributed by atoms with E-state index in [9.17, 15) is 27.9 Å². The molecule has 1 aliphatic rings. The molecule has 0 aliphatic heterocycles. The third-order valence-electron chi connectivity index (χ3n) is 3.72. The lowest BCUT2D eigenvalue weighted by atomic mass is 10.0. The molecule has 3 N–H and O–H groups in total. The number of halogens is 3. The number of allylic oxidation sites excluding steroid dienone is 2. The Morgan fingerprint density at radius 2 is 1.71 bits per heavy atom. The maximum absolute atomic E-state index is 12.7. The Kier molecular flexibility index (Phi) is 5.48. The number of benzene rings is 1. The van der Waals surface area contributed by atoms with Gasteiger partial charge >= 0.3 is 6.18 Å². The summed E-state index contributed by atoms with van der Waals surface area (Å²) in [5, 5.41) is 9.61. The molecule has 0 aromatic heterocycles. The zero-order valence-corrected chi connectivity index (χ0v) is 12.7. The molecule has 1 aromatic carbocycles. The Bertz CT molecular complexity index is 669. The van der Waals surface area contributed by atoms with Crippen molar-refractivity contribution in [3.8, 4) is 5.75 Å². The number of hydrogen-bond acceptors (Lipinski definition) is 4. The van der Waals surface area contributed by atoms with Gasteiger partial charge in [-0.25, -0.2) is 0 Å². The molecular weight excluding hydrogens is 325 g/mol. The van der Waals surface area contributed by atoms with Gasteiger partial charge in [-0.3, -0.25) is 15.0 Å². The number of rotatable bonds is 4. The van der Waals surface area contributed by atoms with Gasteiger partial charge in [0.2, 0.25) is 0 Å². The average Bonchev–Trinajstić information content (AvgIpc) is 2.76. The highest BCUT2D eigenvalue weighted by molar-refractivity contribution is 6.00. The fraction of sp³-hybridized carbons (Fsp3) is 0.375. The minimum Gasteiger partial charge on any atom is -0.507 e. The maximum Gasteiger partial charge on any atom is 0.454 e. The number of carbonyl (C=O) groups is 2. The number of Topliss-reactive ketones (excluding diaryl/α,β-unsaturated/α-hetero) is 1. The third-order valence-corrected chi connectivity index (χ3v) is 3.72. The number of amides is 1. The summed E-state index contributed by atoms with van der Waals surface area (Å²) >= 11 is 0. The molecule has 1 aliphatic carbocycles. The quantitative estimate of drug-likeness (QED) is 0.735. The molecule has 0 bridgehead atoms. The molecule has 0 heterocycles. The van der Waals surface area contributed by atoms with Crippen LogP contribution >= 0.6 is 0 Å². The fourth-order valence-electron chi connectivity index (χ4n) is 2.51. The maximum atomic E-state index is 12.7. The minimum atomic E-state index is -4.95. The fourth-order valence-corrected chi connectivity index (χ4v) is 2.51. The minimum absolute atomic E-state index is 0.00708. The summed E-state index contributed by atoms with van der Waals surface area (Å²) in [5.41, 5.74) is 4.38. The van der Waals surface area contributed by atoms with Gasteiger partial charge in [0, 0.05) is 11.3 Å². The van der Waals surface area contributed by atoms with Crippen molar-refractivity contribution in [2.45, 2.75) is 38.3 Å². The molecular formula is C16H17F3N2O3. The van der Waals surface area contributed by atoms with Crippen molar-refractivity contribution in [1.82, 2.24) is 10.9 Å². The zero-order valence-electron chi connectivity index (χ0n) is 12.7. The summed E-state index contributed by atoms with van der Waals surface area (Å²) in [6, 6.07) is 5.76. The lowest BCUT2D eigenvalue weighted by Gasteiger charge is -2.16. The highest BCUT2D eigenvalue weighted by atomic mass is 19.4. The van der Waals surface area contributed by atoms with Crippen molar-refractivity contribution in [1.29, 1.82) is 0 Å². The normalized spacial score (nSPS) is 15.6. The van der Waals surface area contributed by atoms with Gasteiger partial charge in [-0.05, 0) is 37.8 Å². The van der Waals surface area contributed by atoms with Crippen LogP contribution in [0.5, 0.6) is 5.75 Å². The molecule has 2 rings (SSSR count). The Balaban J connectivity index is 2.17. The Morgan fingerprint density at radius 3 is 2.38 bits per heavy atom. The topological polar surface area (TPSA) is 78.4 Å². The molecule has 0 saturated heterocycles. The third kappa shape index (κ3) is 4.27. The number of hydrogen-bond donors (Lipinski definition) is 3. The van der Waals surface area contributed by atoms with E-state index in [4.69, 9.17) is 0 Å². The van der Waals surface area contributed by atoms with Crippen LogP contribution in [0.15, 0.2) is 35.5 Å². The van der Waals surface area contributed by atoms with Crippen molar-refractivity contribution < 1.29 is 27.9 Å². The second-order valence-corrected chi connectivity index (χ2v) is 5.44. The second kappa shape index (κ2) is 7.37. The zero-order chi connectivity index (χ0) is 17.7. The van der Waals surface area contributed by atoms with Crippen LogP contribution < -0.4 is 10.9 Å². The molecule has 5 nitrogen and oxygen atoms in total. The van der Waals surface area contributed by atoms with E-state index < -0.39 is 17.9 Å². The average molecular weight is 342 g/mol. The number of ketones is 1. The lowest BCUT2D eigenvalue weighted by Crippen LogP contribution is -2.38. The van der Waals surface area contributed by atoms with Gasteiger partial charge < -0.3 is 10.5 Å². The summed E-state index contributed by atoms with van der Waals surface area (Å²) in [7, 11) is 0. The van der Waals surface area contributed by atoms with Gasteiger partial charge in [0.05, 0.1) is 5.56 Å². The summed E-state index contributed by atoms with van der Waals surface area (Å²) < 4.78 is 38.2. The van der Waals surface area contributed by atoms with Crippen LogP contribution in [0.25, 0.3) is 0 Å². The Labute approximate surface area is 136 Å². The first-order valence-electron chi connectivity index (χ1n) is 7.48. The number of phenolic OH excluding ortho intramolecular Hbond substituents is 1. The summed E-state index contributed by atoms with van der Waals surface area (Å²) in [5.74, 6) is -2.84. The standard InChI is InChI=1S/C16H17F3N2O3/c17-16(18,19)14(23)10-6-2-1-3-8-12(10)20-21-15(24)11-7-4-5-9-13(11)22/h4-5,7,9,20,22H,1-3,6,8H2,(H,21,24). The van der Waals surface area contributed by atoms with Gasteiger partial charge in [-0.1, -0.05) is 18.6 Å². The van der Waals surface area contributed by atoms with E-state index in [0.717, 1.165) is 0 Å². The number of aromatic hydroxyl groups is 1. The van der Waals surface area contributed by atoms with E-state index in [1.807, 2.05) is 0 Å². The smallest absolute Gasteiger partial charge is 0.454 e. The second-order valence-electron chi connectivity index (χ2n) is 5.44. The first kappa shape index (κ1) is 17.8. The van der Waals surface area contributed by atoms with Crippen LogP contribution in [0.4, 0.5) is 13.2 Å². The highest BCUT2D eigenvalue weighted by Gasteiger charge is 2.41. The van der Waals surface area contributed by atoms with E-state index >= 15 is 0 Å². The van der Waals surface area contributed by atoms with Crippen molar-refractivity contribution in [2.24, 2.45) is 0 Å². The molecule has 0 radical (unpaired) electrons. The highest BCUT2D eigenvalue weighted by Crippen LogP contribution is 2.29. The van der Waals surface area contributed by atoms with E-state index in [1.165, 1.54) is 24.3 Å². The van der Waals surface area contributed by atoms with E-state index in [-0.39, 0.29) is 35.4 Å². The lowest BCUT2D eigenvalue weighted by molar-refractivity contribution is -0.166. The van der Waals surface area contributed by atoms with Gasteiger partial charge in [-0.15, -0.1) is 0 Å². The van der Waals surface area contributed by atoms with Crippen molar-refractivity contribution >= 4 is 11.7 Å². The first-order valence-corrected chi connectivity index (χ1v) is 7.48. The molecule has 0 atom stereocenters. The van der Waals surface area contributed by atoms with Crippen LogP contribution in [0.2, 0.25) is 0 Å². The van der Waals surface area contributed by atoms with Crippen molar-refractivity contribution in [3.05, 3.63) is 41.1 Å². The molecule has 0 saturated carbocycles. The molecule has 1 aromatic rings. The first-order chi connectivity index (χ1) is 11.3. The molecule has 130 valence electrons. The molecule has 8 heteroatoms. The van der Waals surface area contributed by atoms with Gasteiger partial charge in [0.25, 0.3) is 11.7 Å². The molecule has 24 heavy (non-hydrogen) atoms. The van der Waals surface area contributed by atoms with Gasteiger partial charge in [-0.2, -0.15) is 13.2 Å². The predicted molar refractivity (Wildman–Crippen MR) is 79.9 cm³/mol. The molecule has 0 unspecified atom stereocenters. The number of para-hydroxylation sites is 1. The van der Waals surface area contributed by atoms with Crippen molar-refractivity contribution in [2.75, 3.05) is 0 Å². The monoisotopic (exact) mass is 342 g/mol. The van der Waals surface area contributed by atoms with Crippen LogP contribution in [0, 0.1) is 0 Å². The van der Waals surface area contributed by atoms with Crippen LogP contribution in [-0.2, 0) is 4.79 Å². The largest absolute Gasteiger partial charge is 0.507 e. The van der Waals surface area contributed by atoms with Crippen LogP contribution in [-0.4, -0.2) is 23.0 Å². The number of carbonyl (C=O) groups excluding carboxylic acids is 2. The number of phenols is 1. The Morgan fingerprint density at radius 1 is 1.04 bits per heavy atom. The predicted octanol–water partition coefficient (Wildman–Crippen LogP) is 2.98. The SMILES string of the molecule is O=C(NNC1=C(C(=O)C(F)(F)F)CCCCC1)c1ccccc1O.